The molecule has 5 nitrogen and oxygen atoms in total. The highest BCUT2D eigenvalue weighted by molar-refractivity contribution is 5.91. The third-order valence-electron chi connectivity index (χ3n) is 8.01. The second-order valence-corrected chi connectivity index (χ2v) is 10.2. The molecule has 0 bridgehead atoms. The predicted molar refractivity (Wildman–Crippen MR) is 105 cm³/mol. The van der Waals surface area contributed by atoms with E-state index >= 15 is 0 Å². The Morgan fingerprint density at radius 3 is 2.64 bits per heavy atom. The fourth-order valence-corrected chi connectivity index (χ4v) is 6.43. The quantitative estimate of drug-likeness (QED) is 0.442. The fraction of sp³-hybridized carbons (Fsp3) is 0.783. The zero-order chi connectivity index (χ0) is 20.3. The van der Waals surface area contributed by atoms with E-state index in [4.69, 9.17) is 14.2 Å². The number of hydrogen-bond donors (Lipinski definition) is 1. The van der Waals surface area contributed by atoms with Crippen molar-refractivity contribution in [1.29, 1.82) is 0 Å². The van der Waals surface area contributed by atoms with Crippen LogP contribution in [0.25, 0.3) is 0 Å². The largest absolute Gasteiger partial charge is 0.459 e. The molecular formula is C23H34O5. The zero-order valence-electron chi connectivity index (χ0n) is 17.6. The Balaban J connectivity index is 1.61. The molecule has 2 heterocycles. The molecule has 2 saturated heterocycles. The van der Waals surface area contributed by atoms with Crippen LogP contribution in [0.2, 0.25) is 0 Å². The van der Waals surface area contributed by atoms with Crippen molar-refractivity contribution in [2.75, 3.05) is 13.2 Å². The van der Waals surface area contributed by atoms with E-state index < -0.39 is 11.9 Å². The molecule has 0 aromatic carbocycles. The Morgan fingerprint density at radius 1 is 1.21 bits per heavy atom. The Labute approximate surface area is 168 Å². The topological polar surface area (TPSA) is 65.0 Å². The standard InChI is InChI=1S/C23H34O5/c1-14-6-9-18-22(4,16(14)8-7-15-17(24)12-26-20(15)25)11-10-19-23(18,5)13-27-21(2,3)28-19/h7,16-19,24H,1,6,8-13H2,2-5H3/b15-7+/t16-,17-,18+,19-,22-,23+/m1/s1. The summed E-state index contributed by atoms with van der Waals surface area (Å²) < 4.78 is 17.4. The van der Waals surface area contributed by atoms with E-state index in [0.29, 0.717) is 11.5 Å². The first-order chi connectivity index (χ1) is 13.1. The predicted octanol–water partition coefficient (Wildman–Crippen LogP) is 3.76. The minimum atomic E-state index is -0.802. The number of aliphatic hydroxyl groups excluding tert-OH is 1. The lowest BCUT2D eigenvalue weighted by molar-refractivity contribution is -0.344. The number of ether oxygens (including phenoxy) is 3. The maximum Gasteiger partial charge on any atom is 0.336 e. The highest BCUT2D eigenvalue weighted by atomic mass is 16.7. The van der Waals surface area contributed by atoms with Crippen molar-refractivity contribution in [3.05, 3.63) is 23.8 Å². The van der Waals surface area contributed by atoms with Crippen LogP contribution in [0.3, 0.4) is 0 Å². The van der Waals surface area contributed by atoms with E-state index in [0.717, 1.165) is 38.7 Å². The van der Waals surface area contributed by atoms with Gasteiger partial charge in [0.1, 0.15) is 12.7 Å². The number of carbonyl (C=O) groups is 1. The van der Waals surface area contributed by atoms with E-state index in [-0.39, 0.29) is 35.4 Å². The highest BCUT2D eigenvalue weighted by Gasteiger charge is 2.60. The van der Waals surface area contributed by atoms with Crippen molar-refractivity contribution < 1.29 is 24.1 Å². The van der Waals surface area contributed by atoms with Crippen LogP contribution in [0.15, 0.2) is 23.8 Å². The smallest absolute Gasteiger partial charge is 0.336 e. The average molecular weight is 391 g/mol. The summed E-state index contributed by atoms with van der Waals surface area (Å²) in [7, 11) is 0. The van der Waals surface area contributed by atoms with Crippen LogP contribution in [0, 0.1) is 22.7 Å². The van der Waals surface area contributed by atoms with Crippen molar-refractivity contribution in [3.63, 3.8) is 0 Å². The monoisotopic (exact) mass is 390 g/mol. The molecule has 6 atom stereocenters. The van der Waals surface area contributed by atoms with Crippen LogP contribution in [-0.2, 0) is 19.0 Å². The molecule has 4 aliphatic rings. The van der Waals surface area contributed by atoms with E-state index in [1.165, 1.54) is 5.57 Å². The number of allylic oxidation sites excluding steroid dienone is 2. The normalized spacial score (nSPS) is 46.8. The van der Waals surface area contributed by atoms with Crippen LogP contribution in [0.1, 0.15) is 59.8 Å². The molecular weight excluding hydrogens is 356 g/mol. The van der Waals surface area contributed by atoms with Crippen molar-refractivity contribution in [2.45, 2.75) is 77.8 Å². The summed E-state index contributed by atoms with van der Waals surface area (Å²) in [5, 5.41) is 10.0. The number of esters is 1. The molecule has 0 aromatic rings. The number of hydrogen-bond acceptors (Lipinski definition) is 5. The average Bonchev–Trinajstić information content (AvgIpc) is 2.93. The van der Waals surface area contributed by atoms with Gasteiger partial charge in [-0.15, -0.1) is 0 Å². The first-order valence-corrected chi connectivity index (χ1v) is 10.6. The molecule has 0 amide bonds. The Bertz CT molecular complexity index is 710. The van der Waals surface area contributed by atoms with Gasteiger partial charge in [0.2, 0.25) is 0 Å². The fourth-order valence-electron chi connectivity index (χ4n) is 6.43. The van der Waals surface area contributed by atoms with Gasteiger partial charge in [0.05, 0.1) is 18.3 Å². The molecule has 0 spiro atoms. The Morgan fingerprint density at radius 2 is 1.96 bits per heavy atom. The van der Waals surface area contributed by atoms with Crippen molar-refractivity contribution in [3.8, 4) is 0 Å². The van der Waals surface area contributed by atoms with Crippen molar-refractivity contribution in [1.82, 2.24) is 0 Å². The van der Waals surface area contributed by atoms with Gasteiger partial charge in [-0.3, -0.25) is 0 Å². The maximum atomic E-state index is 11.9. The molecule has 2 aliphatic heterocycles. The maximum absolute atomic E-state index is 11.9. The first kappa shape index (κ1) is 20.1. The molecule has 1 N–H and O–H groups in total. The number of rotatable bonds is 2. The zero-order valence-corrected chi connectivity index (χ0v) is 17.6. The number of cyclic esters (lactones) is 1. The lowest BCUT2D eigenvalue weighted by Gasteiger charge is -2.63. The number of carbonyl (C=O) groups excluding carboxylic acids is 1. The third kappa shape index (κ3) is 3.06. The molecule has 2 saturated carbocycles. The molecule has 0 radical (unpaired) electrons. The summed E-state index contributed by atoms with van der Waals surface area (Å²) in [6.45, 7) is 13.9. The minimum Gasteiger partial charge on any atom is -0.459 e. The molecule has 28 heavy (non-hydrogen) atoms. The number of aliphatic hydroxyl groups is 1. The lowest BCUT2D eigenvalue weighted by atomic mass is 9.46. The Kier molecular flexibility index (Phi) is 4.80. The Hall–Kier alpha value is -1.17. The van der Waals surface area contributed by atoms with E-state index in [9.17, 15) is 9.90 Å². The molecule has 0 aromatic heterocycles. The summed E-state index contributed by atoms with van der Waals surface area (Å²) in [6, 6.07) is 0. The molecule has 2 aliphatic carbocycles. The van der Waals surface area contributed by atoms with Crippen LogP contribution in [-0.4, -0.2) is 42.3 Å². The van der Waals surface area contributed by atoms with Gasteiger partial charge in [0.25, 0.3) is 0 Å². The van der Waals surface area contributed by atoms with E-state index in [1.807, 2.05) is 19.9 Å². The van der Waals surface area contributed by atoms with Crippen molar-refractivity contribution in [2.24, 2.45) is 22.7 Å². The van der Waals surface area contributed by atoms with E-state index in [2.05, 4.69) is 20.4 Å². The van der Waals surface area contributed by atoms with E-state index in [1.54, 1.807) is 0 Å². The summed E-state index contributed by atoms with van der Waals surface area (Å²) >= 11 is 0. The summed E-state index contributed by atoms with van der Waals surface area (Å²) in [5.74, 6) is -0.141. The molecule has 5 heteroatoms. The van der Waals surface area contributed by atoms with Gasteiger partial charge in [0.15, 0.2) is 5.79 Å². The van der Waals surface area contributed by atoms with Gasteiger partial charge >= 0.3 is 5.97 Å². The SMILES string of the molecule is C=C1CC[C@H]2[C@](C)(CC[C@H]3OC(C)(C)OC[C@@]23C)[C@@H]1C/C=C1/C(=O)OC[C@H]1O. The van der Waals surface area contributed by atoms with Gasteiger partial charge in [-0.1, -0.05) is 32.1 Å². The minimum absolute atomic E-state index is 0.0135. The lowest BCUT2D eigenvalue weighted by Crippen LogP contribution is -2.62. The molecule has 4 fully saturated rings. The summed E-state index contributed by atoms with van der Waals surface area (Å²) in [6.07, 6.45) is 6.22. The van der Waals surface area contributed by atoms with Gasteiger partial charge in [-0.25, -0.2) is 4.79 Å². The van der Waals surface area contributed by atoms with Gasteiger partial charge in [0, 0.05) is 5.41 Å². The van der Waals surface area contributed by atoms with Crippen molar-refractivity contribution >= 4 is 5.97 Å². The van der Waals surface area contributed by atoms with Gasteiger partial charge < -0.3 is 19.3 Å². The van der Waals surface area contributed by atoms with Crippen LogP contribution in [0.4, 0.5) is 0 Å². The summed E-state index contributed by atoms with van der Waals surface area (Å²) in [5.41, 5.74) is 1.74. The molecule has 156 valence electrons. The van der Waals surface area contributed by atoms with Crippen LogP contribution >= 0.6 is 0 Å². The van der Waals surface area contributed by atoms with Gasteiger partial charge in [-0.2, -0.15) is 0 Å². The third-order valence-corrected chi connectivity index (χ3v) is 8.01. The number of fused-ring (bicyclic) bond motifs is 3. The van der Waals surface area contributed by atoms with Crippen LogP contribution in [0.5, 0.6) is 0 Å². The summed E-state index contributed by atoms with van der Waals surface area (Å²) in [4.78, 5) is 11.9. The van der Waals surface area contributed by atoms with Crippen LogP contribution < -0.4 is 0 Å². The highest BCUT2D eigenvalue weighted by Crippen LogP contribution is 2.63. The second kappa shape index (κ2) is 6.68. The van der Waals surface area contributed by atoms with Gasteiger partial charge in [-0.05, 0) is 63.2 Å². The molecule has 4 rings (SSSR count). The second-order valence-electron chi connectivity index (χ2n) is 10.2. The molecule has 0 unspecified atom stereocenters. The first-order valence-electron chi connectivity index (χ1n) is 10.6.